The van der Waals surface area contributed by atoms with E-state index < -0.39 is 11.6 Å². The van der Waals surface area contributed by atoms with Gasteiger partial charge in [-0.05, 0) is 37.2 Å². The Hall–Kier alpha value is -1.88. The van der Waals surface area contributed by atoms with Crippen LogP contribution in [-0.4, -0.2) is 16.5 Å². The summed E-state index contributed by atoms with van der Waals surface area (Å²) in [6.45, 7) is 5.41. The van der Waals surface area contributed by atoms with Crippen LogP contribution in [0.3, 0.4) is 0 Å². The zero-order valence-electron chi connectivity index (χ0n) is 11.6. The molecule has 2 rings (SSSR count). The van der Waals surface area contributed by atoms with Crippen LogP contribution in [0, 0.1) is 18.6 Å². The van der Waals surface area contributed by atoms with Crippen molar-refractivity contribution in [2.45, 2.75) is 26.8 Å². The average Bonchev–Trinajstić information content (AvgIpc) is 2.34. The molecule has 1 aromatic heterocycles. The zero-order valence-corrected chi connectivity index (χ0v) is 11.6. The minimum atomic E-state index is -0.583. The van der Waals surface area contributed by atoms with Gasteiger partial charge in [0.1, 0.15) is 17.5 Å². The number of hydrogen-bond acceptors (Lipinski definition) is 3. The molecule has 0 atom stereocenters. The molecule has 0 amide bonds. The van der Waals surface area contributed by atoms with Gasteiger partial charge in [-0.25, -0.2) is 18.7 Å². The molecule has 0 aliphatic heterocycles. The normalized spacial score (nSPS) is 10.8. The van der Waals surface area contributed by atoms with Gasteiger partial charge >= 0.3 is 0 Å². The summed E-state index contributed by atoms with van der Waals surface area (Å²) in [5, 5.41) is 3.19. The Kier molecular flexibility index (Phi) is 4.74. The van der Waals surface area contributed by atoms with Crippen LogP contribution in [0.2, 0.25) is 0 Å². The maximum atomic E-state index is 13.2. The molecule has 1 heterocycles. The molecule has 0 saturated carbocycles. The van der Waals surface area contributed by atoms with Gasteiger partial charge in [-0.3, -0.25) is 0 Å². The highest BCUT2D eigenvalue weighted by Gasteiger charge is 2.06. The first-order chi connectivity index (χ1) is 9.56. The lowest BCUT2D eigenvalue weighted by Crippen LogP contribution is -2.14. The molecule has 1 N–H and O–H groups in total. The van der Waals surface area contributed by atoms with Gasteiger partial charge in [0.05, 0.1) is 5.69 Å². The van der Waals surface area contributed by atoms with Crippen molar-refractivity contribution < 1.29 is 8.78 Å². The Bertz CT molecular complexity index is 579. The van der Waals surface area contributed by atoms with Gasteiger partial charge in [-0.15, -0.1) is 0 Å². The number of halogens is 2. The molecule has 3 nitrogen and oxygen atoms in total. The van der Waals surface area contributed by atoms with Crippen molar-refractivity contribution in [3.05, 3.63) is 58.7 Å². The predicted octanol–water partition coefficient (Wildman–Crippen LogP) is 2.76. The Labute approximate surface area is 117 Å². The van der Waals surface area contributed by atoms with E-state index in [-0.39, 0.29) is 0 Å². The third-order valence-electron chi connectivity index (χ3n) is 2.79. The van der Waals surface area contributed by atoms with E-state index in [0.29, 0.717) is 24.4 Å². The van der Waals surface area contributed by atoms with Crippen LogP contribution >= 0.6 is 0 Å². The molecule has 5 heteroatoms. The van der Waals surface area contributed by atoms with E-state index in [2.05, 4.69) is 15.3 Å². The van der Waals surface area contributed by atoms with Gasteiger partial charge < -0.3 is 5.32 Å². The highest BCUT2D eigenvalue weighted by molar-refractivity contribution is 5.22. The van der Waals surface area contributed by atoms with Crippen LogP contribution in [-0.2, 0) is 13.0 Å². The summed E-state index contributed by atoms with van der Waals surface area (Å²) in [6, 6.07) is 5.37. The van der Waals surface area contributed by atoms with Crippen molar-refractivity contribution in [1.82, 2.24) is 15.3 Å². The fourth-order valence-electron chi connectivity index (χ4n) is 2.02. The second-order valence-electron chi connectivity index (χ2n) is 4.65. The quantitative estimate of drug-likeness (QED) is 0.913. The number of aryl methyl sites for hydroxylation is 1. The lowest BCUT2D eigenvalue weighted by molar-refractivity contribution is 0.580. The largest absolute Gasteiger partial charge is 0.311 e. The van der Waals surface area contributed by atoms with Gasteiger partial charge in [0.15, 0.2) is 0 Å². The number of nitrogens with zero attached hydrogens (tertiary/aromatic N) is 2. The molecule has 0 aliphatic carbocycles. The van der Waals surface area contributed by atoms with Crippen LogP contribution < -0.4 is 5.32 Å². The van der Waals surface area contributed by atoms with E-state index in [1.807, 2.05) is 19.9 Å². The van der Waals surface area contributed by atoms with E-state index in [1.165, 1.54) is 12.1 Å². The average molecular weight is 277 g/mol. The van der Waals surface area contributed by atoms with E-state index in [0.717, 1.165) is 24.0 Å². The van der Waals surface area contributed by atoms with Gasteiger partial charge in [0.2, 0.25) is 0 Å². The van der Waals surface area contributed by atoms with Crippen molar-refractivity contribution in [3.63, 3.8) is 0 Å². The van der Waals surface area contributed by atoms with Crippen molar-refractivity contribution in [3.8, 4) is 0 Å². The second-order valence-corrected chi connectivity index (χ2v) is 4.65. The zero-order chi connectivity index (χ0) is 14.5. The van der Waals surface area contributed by atoms with E-state index in [9.17, 15) is 8.78 Å². The number of nitrogens with one attached hydrogen (secondary N) is 1. The molecule has 106 valence electrons. The monoisotopic (exact) mass is 277 g/mol. The third kappa shape index (κ3) is 4.06. The van der Waals surface area contributed by atoms with Crippen molar-refractivity contribution in [2.75, 3.05) is 6.54 Å². The molecule has 2 aromatic rings. The lowest BCUT2D eigenvalue weighted by atomic mass is 10.1. The maximum Gasteiger partial charge on any atom is 0.133 e. The first-order valence-corrected chi connectivity index (χ1v) is 6.56. The molecule has 0 fully saturated rings. The van der Waals surface area contributed by atoms with Crippen LogP contribution in [0.1, 0.15) is 29.7 Å². The Balaban J connectivity index is 2.21. The van der Waals surface area contributed by atoms with E-state index in [1.54, 1.807) is 0 Å². The van der Waals surface area contributed by atoms with Crippen LogP contribution in [0.15, 0.2) is 24.3 Å². The fraction of sp³-hybridized carbons (Fsp3) is 0.333. The van der Waals surface area contributed by atoms with Crippen LogP contribution in [0.25, 0.3) is 0 Å². The van der Waals surface area contributed by atoms with Gasteiger partial charge in [-0.2, -0.15) is 0 Å². The minimum Gasteiger partial charge on any atom is -0.311 e. The van der Waals surface area contributed by atoms with Crippen molar-refractivity contribution in [1.29, 1.82) is 0 Å². The topological polar surface area (TPSA) is 37.8 Å². The standard InChI is InChI=1S/C15H17F2N3/c1-3-18-9-14-4-10(2)19-15(20-14)7-11-5-12(16)8-13(17)6-11/h4-6,8,18H,3,7,9H2,1-2H3. The van der Waals surface area contributed by atoms with Crippen LogP contribution in [0.4, 0.5) is 8.78 Å². The molecule has 0 aliphatic rings. The molecule has 20 heavy (non-hydrogen) atoms. The van der Waals surface area contributed by atoms with Gasteiger partial charge in [-0.1, -0.05) is 6.92 Å². The summed E-state index contributed by atoms with van der Waals surface area (Å²) in [5.41, 5.74) is 2.26. The molecule has 1 aromatic carbocycles. The number of benzene rings is 1. The summed E-state index contributed by atoms with van der Waals surface area (Å²) < 4.78 is 26.3. The highest BCUT2D eigenvalue weighted by Crippen LogP contribution is 2.12. The summed E-state index contributed by atoms with van der Waals surface area (Å²) in [5.74, 6) is -0.594. The van der Waals surface area contributed by atoms with Crippen molar-refractivity contribution in [2.24, 2.45) is 0 Å². The summed E-state index contributed by atoms with van der Waals surface area (Å²) in [4.78, 5) is 8.72. The first-order valence-electron chi connectivity index (χ1n) is 6.56. The molecular weight excluding hydrogens is 260 g/mol. The SMILES string of the molecule is CCNCc1cc(C)nc(Cc2cc(F)cc(F)c2)n1. The number of rotatable bonds is 5. The molecule has 0 saturated heterocycles. The highest BCUT2D eigenvalue weighted by atomic mass is 19.1. The van der Waals surface area contributed by atoms with Crippen LogP contribution in [0.5, 0.6) is 0 Å². The number of aromatic nitrogens is 2. The Morgan fingerprint density at radius 1 is 1.05 bits per heavy atom. The third-order valence-corrected chi connectivity index (χ3v) is 2.79. The Morgan fingerprint density at radius 2 is 1.75 bits per heavy atom. The Morgan fingerprint density at radius 3 is 2.40 bits per heavy atom. The second kappa shape index (κ2) is 6.52. The molecule has 0 unspecified atom stereocenters. The van der Waals surface area contributed by atoms with E-state index >= 15 is 0 Å². The predicted molar refractivity (Wildman–Crippen MR) is 73.3 cm³/mol. The number of hydrogen-bond donors (Lipinski definition) is 1. The summed E-state index contributed by atoms with van der Waals surface area (Å²) >= 11 is 0. The van der Waals surface area contributed by atoms with Gasteiger partial charge in [0, 0.05) is 24.7 Å². The summed E-state index contributed by atoms with van der Waals surface area (Å²) in [6.07, 6.45) is 0.315. The lowest BCUT2D eigenvalue weighted by Gasteiger charge is -2.07. The maximum absolute atomic E-state index is 13.2. The smallest absolute Gasteiger partial charge is 0.133 e. The summed E-state index contributed by atoms with van der Waals surface area (Å²) in [7, 11) is 0. The fourth-order valence-corrected chi connectivity index (χ4v) is 2.02. The molecular formula is C15H17F2N3. The van der Waals surface area contributed by atoms with Gasteiger partial charge in [0.25, 0.3) is 0 Å². The van der Waals surface area contributed by atoms with Crippen molar-refractivity contribution >= 4 is 0 Å². The van der Waals surface area contributed by atoms with E-state index in [4.69, 9.17) is 0 Å². The first kappa shape index (κ1) is 14.5. The minimum absolute atomic E-state index is 0.315. The molecule has 0 radical (unpaired) electrons. The molecule has 0 bridgehead atoms. The molecule has 0 spiro atoms.